The van der Waals surface area contributed by atoms with Gasteiger partial charge >= 0.3 is 0 Å². The van der Waals surface area contributed by atoms with E-state index in [-0.39, 0.29) is 18.4 Å². The molecule has 0 aromatic carbocycles. The van der Waals surface area contributed by atoms with Crippen LogP contribution in [0.5, 0.6) is 0 Å². The maximum Gasteiger partial charge on any atom is 0.245 e. The van der Waals surface area contributed by atoms with Crippen LogP contribution in [0.3, 0.4) is 0 Å². The second-order valence-electron chi connectivity index (χ2n) is 3.38. The van der Waals surface area contributed by atoms with Gasteiger partial charge in [-0.15, -0.1) is 0 Å². The minimum Gasteiger partial charge on any atom is -0.360 e. The highest BCUT2D eigenvalue weighted by molar-refractivity contribution is 5.94. The van der Waals surface area contributed by atoms with Gasteiger partial charge < -0.3 is 20.9 Å². The molecule has 0 radical (unpaired) electrons. The van der Waals surface area contributed by atoms with E-state index in [9.17, 15) is 9.59 Å². The highest BCUT2D eigenvalue weighted by atomic mass is 16.5. The summed E-state index contributed by atoms with van der Waals surface area (Å²) in [5, 5.41) is 8.41. The number of aryl methyl sites for hydroxylation is 1. The zero-order valence-electron chi connectivity index (χ0n) is 9.11. The number of nitrogens with two attached hydrogens (primary N) is 1. The van der Waals surface area contributed by atoms with E-state index in [1.807, 2.05) is 0 Å². The Kier molecular flexibility index (Phi) is 4.01. The van der Waals surface area contributed by atoms with E-state index in [0.717, 1.165) is 0 Å². The van der Waals surface area contributed by atoms with E-state index < -0.39 is 6.04 Å². The lowest BCUT2D eigenvalue weighted by atomic mass is 10.3. The van der Waals surface area contributed by atoms with Crippen molar-refractivity contribution in [3.8, 4) is 0 Å². The first-order valence-corrected chi connectivity index (χ1v) is 4.75. The summed E-state index contributed by atoms with van der Waals surface area (Å²) in [6.45, 7) is 3.10. The number of carbonyl (C=O) groups excluding carboxylic acids is 2. The van der Waals surface area contributed by atoms with Crippen LogP contribution in [-0.4, -0.2) is 29.6 Å². The molecular weight excluding hydrogens is 212 g/mol. The summed E-state index contributed by atoms with van der Waals surface area (Å²) >= 11 is 0. The summed E-state index contributed by atoms with van der Waals surface area (Å²) in [6, 6.07) is 0.938. The molecule has 0 unspecified atom stereocenters. The molecule has 0 aliphatic heterocycles. The molecule has 4 N–H and O–H groups in total. The third-order valence-corrected chi connectivity index (χ3v) is 1.73. The topological polar surface area (TPSA) is 110 Å². The van der Waals surface area contributed by atoms with Crippen LogP contribution in [0.15, 0.2) is 10.6 Å². The highest BCUT2D eigenvalue weighted by Crippen LogP contribution is 2.06. The molecule has 1 rings (SSSR count). The molecule has 0 aliphatic carbocycles. The lowest BCUT2D eigenvalue weighted by Gasteiger charge is -2.06. The van der Waals surface area contributed by atoms with Gasteiger partial charge in [-0.3, -0.25) is 9.59 Å². The summed E-state index contributed by atoms with van der Waals surface area (Å²) < 4.78 is 4.76. The monoisotopic (exact) mass is 226 g/mol. The second kappa shape index (κ2) is 5.26. The van der Waals surface area contributed by atoms with Crippen molar-refractivity contribution in [1.29, 1.82) is 0 Å². The predicted octanol–water partition coefficient (Wildman–Crippen LogP) is -0.615. The molecule has 1 atom stereocenters. The van der Waals surface area contributed by atoms with Crippen molar-refractivity contribution < 1.29 is 14.1 Å². The van der Waals surface area contributed by atoms with E-state index in [4.69, 9.17) is 10.3 Å². The molecule has 0 fully saturated rings. The number of amides is 2. The highest BCUT2D eigenvalue weighted by Gasteiger charge is 2.10. The Balaban J connectivity index is 2.34. The van der Waals surface area contributed by atoms with E-state index >= 15 is 0 Å². The van der Waals surface area contributed by atoms with Crippen molar-refractivity contribution in [2.45, 2.75) is 19.9 Å². The van der Waals surface area contributed by atoms with E-state index in [0.29, 0.717) is 11.6 Å². The van der Waals surface area contributed by atoms with E-state index in [1.54, 1.807) is 13.0 Å². The van der Waals surface area contributed by atoms with Gasteiger partial charge in [-0.05, 0) is 13.8 Å². The second-order valence-corrected chi connectivity index (χ2v) is 3.38. The molecule has 7 nitrogen and oxygen atoms in total. The SMILES string of the molecule is Cc1cc(NC(=O)CNC(=O)[C@@H](C)N)no1. The zero-order valence-corrected chi connectivity index (χ0v) is 9.11. The fraction of sp³-hybridized carbons (Fsp3) is 0.444. The Morgan fingerprint density at radius 1 is 1.62 bits per heavy atom. The number of nitrogens with zero attached hydrogens (tertiary/aromatic N) is 1. The maximum atomic E-state index is 11.3. The number of nitrogens with one attached hydrogen (secondary N) is 2. The van der Waals surface area contributed by atoms with Gasteiger partial charge in [0.15, 0.2) is 5.82 Å². The maximum absolute atomic E-state index is 11.3. The molecule has 7 heteroatoms. The molecule has 1 aromatic rings. The van der Waals surface area contributed by atoms with Gasteiger partial charge in [0.1, 0.15) is 5.76 Å². The first kappa shape index (κ1) is 12.2. The molecule has 0 saturated carbocycles. The fourth-order valence-electron chi connectivity index (χ4n) is 0.941. The first-order chi connectivity index (χ1) is 7.49. The summed E-state index contributed by atoms with van der Waals surface area (Å²) in [5.74, 6) is 0.140. The molecule has 1 heterocycles. The first-order valence-electron chi connectivity index (χ1n) is 4.75. The number of carbonyl (C=O) groups is 2. The van der Waals surface area contributed by atoms with Crippen LogP contribution in [0.4, 0.5) is 5.82 Å². The number of anilines is 1. The number of aromatic nitrogens is 1. The average Bonchev–Trinajstić information content (AvgIpc) is 2.60. The van der Waals surface area contributed by atoms with Crippen LogP contribution in [-0.2, 0) is 9.59 Å². The number of hydrogen-bond acceptors (Lipinski definition) is 5. The van der Waals surface area contributed by atoms with Crippen LogP contribution in [0.2, 0.25) is 0 Å². The molecule has 0 bridgehead atoms. The van der Waals surface area contributed by atoms with Gasteiger partial charge in [0.05, 0.1) is 12.6 Å². The van der Waals surface area contributed by atoms with Crippen molar-refractivity contribution in [2.75, 3.05) is 11.9 Å². The van der Waals surface area contributed by atoms with Crippen LogP contribution in [0.1, 0.15) is 12.7 Å². The molecule has 0 spiro atoms. The van der Waals surface area contributed by atoms with Gasteiger partial charge in [-0.2, -0.15) is 0 Å². The minimum atomic E-state index is -0.637. The Morgan fingerprint density at radius 2 is 2.31 bits per heavy atom. The predicted molar refractivity (Wildman–Crippen MR) is 56.5 cm³/mol. The number of rotatable bonds is 4. The Labute approximate surface area is 92.3 Å². The zero-order chi connectivity index (χ0) is 12.1. The molecular formula is C9H14N4O3. The minimum absolute atomic E-state index is 0.147. The molecule has 0 aliphatic rings. The summed E-state index contributed by atoms with van der Waals surface area (Å²) in [5.41, 5.74) is 5.31. The lowest BCUT2D eigenvalue weighted by molar-refractivity contribution is -0.124. The number of hydrogen-bond donors (Lipinski definition) is 3. The quantitative estimate of drug-likeness (QED) is 0.634. The van der Waals surface area contributed by atoms with E-state index in [1.165, 1.54) is 6.92 Å². The molecule has 2 amide bonds. The van der Waals surface area contributed by atoms with Gasteiger partial charge in [0, 0.05) is 6.07 Å². The Hall–Kier alpha value is -1.89. The van der Waals surface area contributed by atoms with Crippen LogP contribution in [0.25, 0.3) is 0 Å². The summed E-state index contributed by atoms with van der Waals surface area (Å²) in [7, 11) is 0. The lowest BCUT2D eigenvalue weighted by Crippen LogP contribution is -2.41. The smallest absolute Gasteiger partial charge is 0.245 e. The van der Waals surface area contributed by atoms with E-state index in [2.05, 4.69) is 15.8 Å². The third-order valence-electron chi connectivity index (χ3n) is 1.73. The van der Waals surface area contributed by atoms with Gasteiger partial charge in [-0.25, -0.2) is 0 Å². The van der Waals surface area contributed by atoms with Crippen molar-refractivity contribution in [2.24, 2.45) is 5.73 Å². The summed E-state index contributed by atoms with van der Waals surface area (Å²) in [6.07, 6.45) is 0. The standard InChI is InChI=1S/C9H14N4O3/c1-5-3-7(13-16-5)12-8(14)4-11-9(15)6(2)10/h3,6H,4,10H2,1-2H3,(H,11,15)(H,12,13,14)/t6-/m1/s1. The van der Waals surface area contributed by atoms with Crippen molar-refractivity contribution >= 4 is 17.6 Å². The van der Waals surface area contributed by atoms with Gasteiger partial charge in [-0.1, -0.05) is 5.16 Å². The van der Waals surface area contributed by atoms with Crippen molar-refractivity contribution in [1.82, 2.24) is 10.5 Å². The van der Waals surface area contributed by atoms with Crippen LogP contribution < -0.4 is 16.4 Å². The largest absolute Gasteiger partial charge is 0.360 e. The fourth-order valence-corrected chi connectivity index (χ4v) is 0.941. The molecule has 0 saturated heterocycles. The van der Waals surface area contributed by atoms with Crippen molar-refractivity contribution in [3.63, 3.8) is 0 Å². The Morgan fingerprint density at radius 3 is 2.81 bits per heavy atom. The summed E-state index contributed by atoms with van der Waals surface area (Å²) in [4.78, 5) is 22.4. The molecule has 1 aromatic heterocycles. The molecule has 16 heavy (non-hydrogen) atoms. The third kappa shape index (κ3) is 3.70. The van der Waals surface area contributed by atoms with Crippen LogP contribution in [0, 0.1) is 6.92 Å². The van der Waals surface area contributed by atoms with Crippen LogP contribution >= 0.6 is 0 Å². The van der Waals surface area contributed by atoms with Gasteiger partial charge in [0.25, 0.3) is 0 Å². The van der Waals surface area contributed by atoms with Crippen molar-refractivity contribution in [3.05, 3.63) is 11.8 Å². The Bertz CT molecular complexity index is 386. The molecule has 88 valence electrons. The average molecular weight is 226 g/mol. The normalized spacial score (nSPS) is 11.9. The van der Waals surface area contributed by atoms with Gasteiger partial charge in [0.2, 0.25) is 11.8 Å².